The van der Waals surface area contributed by atoms with Crippen LogP contribution in [0.15, 0.2) is 88.9 Å². The maximum atomic E-state index is 10.5. The Balaban J connectivity index is 0.000000219. The van der Waals surface area contributed by atoms with E-state index in [-0.39, 0.29) is 9.79 Å². The number of rotatable bonds is 2. The normalized spacial score (nSPS) is 10.7. The van der Waals surface area contributed by atoms with Crippen LogP contribution in [-0.2, 0) is 20.2 Å². The van der Waals surface area contributed by atoms with Gasteiger partial charge < -0.3 is 0 Å². The Morgan fingerprint density at radius 1 is 0.607 bits per heavy atom. The third-order valence-electron chi connectivity index (χ3n) is 3.20. The van der Waals surface area contributed by atoms with Gasteiger partial charge in [0.15, 0.2) is 0 Å². The van der Waals surface area contributed by atoms with E-state index >= 15 is 0 Å². The van der Waals surface area contributed by atoms with E-state index in [2.05, 4.69) is 4.98 Å². The molecule has 0 aliphatic carbocycles. The minimum atomic E-state index is -4.02. The van der Waals surface area contributed by atoms with Crippen molar-refractivity contribution in [2.75, 3.05) is 0 Å². The van der Waals surface area contributed by atoms with Gasteiger partial charge in [0.1, 0.15) is 0 Å². The molecule has 0 fully saturated rings. The van der Waals surface area contributed by atoms with Gasteiger partial charge in [-0.2, -0.15) is 16.8 Å². The fourth-order valence-electron chi connectivity index (χ4n) is 1.73. The van der Waals surface area contributed by atoms with E-state index in [1.807, 2.05) is 32.0 Å². The highest BCUT2D eigenvalue weighted by molar-refractivity contribution is 7.86. The van der Waals surface area contributed by atoms with Gasteiger partial charge in [-0.25, -0.2) is 0 Å². The van der Waals surface area contributed by atoms with Crippen molar-refractivity contribution in [1.29, 1.82) is 0 Å². The van der Waals surface area contributed by atoms with Crippen molar-refractivity contribution in [2.24, 2.45) is 0 Å². The fraction of sp³-hybridized carbons (Fsp3) is 0.105. The smallest absolute Gasteiger partial charge is 0.282 e. The maximum absolute atomic E-state index is 10.5. The minimum absolute atomic E-state index is 0.0666. The second kappa shape index (κ2) is 10.7. The first-order valence-corrected chi connectivity index (χ1v) is 10.8. The highest BCUT2D eigenvalue weighted by Crippen LogP contribution is 2.09. The molecule has 1 aromatic heterocycles. The Kier molecular flexibility index (Phi) is 8.93. The molecular weight excluding hydrogens is 402 g/mol. The lowest BCUT2D eigenvalue weighted by Gasteiger charge is -1.95. The van der Waals surface area contributed by atoms with Gasteiger partial charge in [0, 0.05) is 12.4 Å². The fourth-order valence-corrected chi connectivity index (χ4v) is 2.69. The van der Waals surface area contributed by atoms with Crippen LogP contribution >= 0.6 is 0 Å². The van der Waals surface area contributed by atoms with Crippen LogP contribution in [-0.4, -0.2) is 30.9 Å². The SMILES string of the molecule is Cc1ccc(S(=O)(=O)O)cc1.Cc1ccc(S(=O)(=O)O)cc1.c1ccncc1. The summed E-state index contributed by atoms with van der Waals surface area (Å²) in [5, 5.41) is 0. The molecule has 28 heavy (non-hydrogen) atoms. The third-order valence-corrected chi connectivity index (χ3v) is 4.94. The average molecular weight is 424 g/mol. The number of hydrogen-bond donors (Lipinski definition) is 2. The Labute approximate surface area is 165 Å². The third kappa shape index (κ3) is 9.38. The molecule has 0 radical (unpaired) electrons. The molecule has 0 amide bonds. The molecule has 0 bridgehead atoms. The molecule has 0 saturated carbocycles. The first kappa shape index (κ1) is 23.4. The van der Waals surface area contributed by atoms with Gasteiger partial charge in [-0.05, 0) is 50.2 Å². The van der Waals surface area contributed by atoms with Gasteiger partial charge in [-0.3, -0.25) is 14.1 Å². The van der Waals surface area contributed by atoms with E-state index in [1.165, 1.54) is 24.3 Å². The average Bonchev–Trinajstić information content (AvgIpc) is 2.63. The van der Waals surface area contributed by atoms with Crippen LogP contribution in [0.3, 0.4) is 0 Å². The largest absolute Gasteiger partial charge is 0.294 e. The number of benzene rings is 2. The summed E-state index contributed by atoms with van der Waals surface area (Å²) in [7, 11) is -8.04. The molecule has 1 heterocycles. The van der Waals surface area contributed by atoms with Crippen LogP contribution in [0.25, 0.3) is 0 Å². The quantitative estimate of drug-likeness (QED) is 0.604. The highest BCUT2D eigenvalue weighted by Gasteiger charge is 2.07. The van der Waals surface area contributed by atoms with Gasteiger partial charge in [0.05, 0.1) is 9.79 Å². The summed E-state index contributed by atoms with van der Waals surface area (Å²) in [6, 6.07) is 17.7. The zero-order chi connectivity index (χ0) is 21.2. The molecule has 3 aromatic rings. The van der Waals surface area contributed by atoms with Crippen molar-refractivity contribution in [3.8, 4) is 0 Å². The van der Waals surface area contributed by atoms with Gasteiger partial charge >= 0.3 is 0 Å². The monoisotopic (exact) mass is 423 g/mol. The van der Waals surface area contributed by atoms with Crippen molar-refractivity contribution in [3.05, 3.63) is 90.3 Å². The Morgan fingerprint density at radius 2 is 0.929 bits per heavy atom. The van der Waals surface area contributed by atoms with Crippen LogP contribution < -0.4 is 0 Å². The summed E-state index contributed by atoms with van der Waals surface area (Å²) in [5.41, 5.74) is 1.91. The number of aryl methyl sites for hydroxylation is 2. The van der Waals surface area contributed by atoms with Crippen LogP contribution in [0, 0.1) is 13.8 Å². The summed E-state index contributed by atoms with van der Waals surface area (Å²) in [4.78, 5) is 3.65. The number of hydrogen-bond acceptors (Lipinski definition) is 5. The zero-order valence-corrected chi connectivity index (χ0v) is 16.9. The summed E-state index contributed by atoms with van der Waals surface area (Å²) in [6.07, 6.45) is 3.50. The molecule has 150 valence electrons. The Hall–Kier alpha value is -2.59. The Bertz CT molecular complexity index is 947. The van der Waals surface area contributed by atoms with Crippen LogP contribution in [0.2, 0.25) is 0 Å². The molecule has 3 rings (SSSR count). The standard InChI is InChI=1S/2C7H8O3S.C5H5N/c2*1-6-2-4-7(5-3-6)11(8,9)10;1-2-4-6-5-3-1/h2*2-5H,1H3,(H,8,9,10);1-5H. The number of nitrogens with zero attached hydrogens (tertiary/aromatic N) is 1. The van der Waals surface area contributed by atoms with E-state index in [0.717, 1.165) is 11.1 Å². The number of aromatic nitrogens is 1. The minimum Gasteiger partial charge on any atom is -0.282 e. The maximum Gasteiger partial charge on any atom is 0.294 e. The number of pyridine rings is 1. The lowest BCUT2D eigenvalue weighted by atomic mass is 10.2. The highest BCUT2D eigenvalue weighted by atomic mass is 32.2. The molecule has 0 unspecified atom stereocenters. The molecule has 2 N–H and O–H groups in total. The van der Waals surface area contributed by atoms with Gasteiger partial charge in [0.25, 0.3) is 20.2 Å². The van der Waals surface area contributed by atoms with Gasteiger partial charge in [-0.1, -0.05) is 41.5 Å². The second-order valence-electron chi connectivity index (χ2n) is 5.60. The molecule has 0 aliphatic rings. The van der Waals surface area contributed by atoms with Crippen LogP contribution in [0.5, 0.6) is 0 Å². The van der Waals surface area contributed by atoms with E-state index in [0.29, 0.717) is 0 Å². The van der Waals surface area contributed by atoms with E-state index < -0.39 is 20.2 Å². The van der Waals surface area contributed by atoms with Crippen LogP contribution in [0.4, 0.5) is 0 Å². The topological polar surface area (TPSA) is 122 Å². The van der Waals surface area contributed by atoms with Crippen molar-refractivity contribution in [2.45, 2.75) is 23.6 Å². The summed E-state index contributed by atoms with van der Waals surface area (Å²) in [6.45, 7) is 3.68. The molecule has 7 nitrogen and oxygen atoms in total. The molecular formula is C19H21NO6S2. The lowest BCUT2D eigenvalue weighted by Crippen LogP contribution is -1.96. The summed E-state index contributed by atoms with van der Waals surface area (Å²) in [5.74, 6) is 0. The molecule has 0 aliphatic heterocycles. The lowest BCUT2D eigenvalue weighted by molar-refractivity contribution is 0.481. The van der Waals surface area contributed by atoms with Crippen molar-refractivity contribution < 1.29 is 25.9 Å². The summed E-state index contributed by atoms with van der Waals surface area (Å²) < 4.78 is 59.1. The predicted octanol–water partition coefficient (Wildman–Crippen LogP) is 3.57. The van der Waals surface area contributed by atoms with E-state index in [4.69, 9.17) is 9.11 Å². The second-order valence-corrected chi connectivity index (χ2v) is 8.44. The zero-order valence-electron chi connectivity index (χ0n) is 15.3. The molecule has 0 saturated heterocycles. The summed E-state index contributed by atoms with van der Waals surface area (Å²) >= 11 is 0. The van der Waals surface area contributed by atoms with Crippen molar-refractivity contribution in [3.63, 3.8) is 0 Å². The first-order valence-electron chi connectivity index (χ1n) is 7.93. The Morgan fingerprint density at radius 3 is 1.11 bits per heavy atom. The molecule has 9 heteroatoms. The van der Waals surface area contributed by atoms with Crippen LogP contribution in [0.1, 0.15) is 11.1 Å². The van der Waals surface area contributed by atoms with Crippen molar-refractivity contribution in [1.82, 2.24) is 4.98 Å². The predicted molar refractivity (Wildman–Crippen MR) is 106 cm³/mol. The van der Waals surface area contributed by atoms with E-state index in [1.54, 1.807) is 36.7 Å². The molecule has 0 spiro atoms. The first-order chi connectivity index (χ1) is 13.0. The molecule has 0 atom stereocenters. The van der Waals surface area contributed by atoms with Gasteiger partial charge in [0.2, 0.25) is 0 Å². The van der Waals surface area contributed by atoms with E-state index in [9.17, 15) is 16.8 Å². The molecule has 2 aromatic carbocycles. The van der Waals surface area contributed by atoms with Crippen molar-refractivity contribution >= 4 is 20.2 Å². The van der Waals surface area contributed by atoms with Gasteiger partial charge in [-0.15, -0.1) is 0 Å².